The average molecular weight is 283 g/mol. The molecule has 4 nitrogen and oxygen atoms in total. The summed E-state index contributed by atoms with van der Waals surface area (Å²) in [5.41, 5.74) is 0.942. The molecule has 5 heteroatoms. The van der Waals surface area contributed by atoms with Gasteiger partial charge in [-0.1, -0.05) is 11.6 Å². The molecule has 0 aromatic carbocycles. The number of esters is 1. The van der Waals surface area contributed by atoms with Crippen molar-refractivity contribution in [3.63, 3.8) is 0 Å². The highest BCUT2D eigenvalue weighted by atomic mass is 35.5. The molecule has 1 saturated heterocycles. The van der Waals surface area contributed by atoms with Gasteiger partial charge in [0.15, 0.2) is 0 Å². The van der Waals surface area contributed by atoms with E-state index in [0.717, 1.165) is 38.2 Å². The maximum Gasteiger partial charge on any atom is 0.310 e. The molecule has 0 unspecified atom stereocenters. The zero-order valence-corrected chi connectivity index (χ0v) is 11.9. The Balaban J connectivity index is 1.92. The number of carbonyl (C=O) groups excluding carboxylic acids is 1. The van der Waals surface area contributed by atoms with Crippen LogP contribution in [0.25, 0.3) is 0 Å². The Hall–Kier alpha value is -1.13. The van der Waals surface area contributed by atoms with Crippen molar-refractivity contribution in [3.8, 4) is 0 Å². The number of likely N-dealkylation sites (tertiary alicyclic amines) is 1. The molecule has 104 valence electrons. The molecule has 0 saturated carbocycles. The first-order chi connectivity index (χ1) is 9.19. The van der Waals surface area contributed by atoms with Crippen molar-refractivity contribution < 1.29 is 9.53 Å². The predicted molar refractivity (Wildman–Crippen MR) is 73.9 cm³/mol. The first-order valence-corrected chi connectivity index (χ1v) is 7.06. The van der Waals surface area contributed by atoms with E-state index in [2.05, 4.69) is 9.88 Å². The minimum atomic E-state index is -0.0775. The molecular formula is C14H19ClN2O2. The van der Waals surface area contributed by atoms with E-state index in [1.807, 2.05) is 13.0 Å². The third-order valence-electron chi connectivity index (χ3n) is 3.29. The van der Waals surface area contributed by atoms with Crippen LogP contribution in [0.2, 0.25) is 5.02 Å². The van der Waals surface area contributed by atoms with Crippen LogP contribution in [0.3, 0.4) is 0 Å². The molecule has 0 bridgehead atoms. The second kappa shape index (κ2) is 6.87. The summed E-state index contributed by atoms with van der Waals surface area (Å²) < 4.78 is 5.10. The molecule has 1 fully saturated rings. The van der Waals surface area contributed by atoms with Crippen LogP contribution in [0.5, 0.6) is 0 Å². The van der Waals surface area contributed by atoms with Gasteiger partial charge in [-0.3, -0.25) is 14.7 Å². The van der Waals surface area contributed by atoms with E-state index < -0.39 is 0 Å². The van der Waals surface area contributed by atoms with Crippen LogP contribution in [-0.2, 0) is 16.1 Å². The second-order valence-corrected chi connectivity index (χ2v) is 5.23. The molecule has 0 N–H and O–H groups in total. The van der Waals surface area contributed by atoms with E-state index in [1.54, 1.807) is 12.3 Å². The number of halogens is 1. The van der Waals surface area contributed by atoms with Crippen molar-refractivity contribution in [2.24, 2.45) is 5.92 Å². The third-order valence-corrected chi connectivity index (χ3v) is 3.52. The highest BCUT2D eigenvalue weighted by Gasteiger charge is 2.26. The lowest BCUT2D eigenvalue weighted by molar-refractivity contribution is -0.150. The summed E-state index contributed by atoms with van der Waals surface area (Å²) in [6.45, 7) is 4.76. The van der Waals surface area contributed by atoms with Gasteiger partial charge in [-0.05, 0) is 38.4 Å². The number of hydrogen-bond donors (Lipinski definition) is 0. The fraction of sp³-hybridized carbons (Fsp3) is 0.571. The van der Waals surface area contributed by atoms with Crippen LogP contribution in [0.1, 0.15) is 25.5 Å². The number of rotatable bonds is 4. The van der Waals surface area contributed by atoms with Gasteiger partial charge in [0.05, 0.1) is 18.2 Å². The van der Waals surface area contributed by atoms with E-state index >= 15 is 0 Å². The van der Waals surface area contributed by atoms with Crippen LogP contribution in [-0.4, -0.2) is 35.5 Å². The topological polar surface area (TPSA) is 42.4 Å². The van der Waals surface area contributed by atoms with Gasteiger partial charge >= 0.3 is 5.97 Å². The monoisotopic (exact) mass is 282 g/mol. The largest absolute Gasteiger partial charge is 0.466 e. The molecule has 2 rings (SSSR count). The lowest BCUT2D eigenvalue weighted by Crippen LogP contribution is -2.39. The number of carbonyl (C=O) groups is 1. The van der Waals surface area contributed by atoms with Gasteiger partial charge in [0.1, 0.15) is 0 Å². The maximum absolute atomic E-state index is 11.8. The van der Waals surface area contributed by atoms with Gasteiger partial charge in [0.25, 0.3) is 0 Å². The van der Waals surface area contributed by atoms with E-state index in [4.69, 9.17) is 16.3 Å². The molecule has 0 spiro atoms. The number of pyridine rings is 1. The Morgan fingerprint density at radius 1 is 1.63 bits per heavy atom. The molecule has 1 aliphatic heterocycles. The molecule has 0 radical (unpaired) electrons. The second-order valence-electron chi connectivity index (χ2n) is 4.79. The quantitative estimate of drug-likeness (QED) is 0.796. The third kappa shape index (κ3) is 4.18. The number of nitrogens with zero attached hydrogens (tertiary/aromatic N) is 2. The van der Waals surface area contributed by atoms with E-state index in [9.17, 15) is 4.79 Å². The Morgan fingerprint density at radius 2 is 2.47 bits per heavy atom. The molecule has 19 heavy (non-hydrogen) atoms. The number of ether oxygens (including phenoxy) is 1. The Bertz CT molecular complexity index is 439. The summed E-state index contributed by atoms with van der Waals surface area (Å²) in [7, 11) is 0. The number of piperidine rings is 1. The minimum Gasteiger partial charge on any atom is -0.466 e. The van der Waals surface area contributed by atoms with Crippen molar-refractivity contribution in [2.75, 3.05) is 19.7 Å². The summed E-state index contributed by atoms with van der Waals surface area (Å²) in [4.78, 5) is 18.3. The van der Waals surface area contributed by atoms with Crippen molar-refractivity contribution in [3.05, 3.63) is 29.0 Å². The van der Waals surface area contributed by atoms with Gasteiger partial charge in [-0.2, -0.15) is 0 Å². The van der Waals surface area contributed by atoms with E-state index in [0.29, 0.717) is 11.6 Å². The van der Waals surface area contributed by atoms with Crippen LogP contribution in [0, 0.1) is 5.92 Å². The van der Waals surface area contributed by atoms with Crippen molar-refractivity contribution in [1.82, 2.24) is 9.88 Å². The summed E-state index contributed by atoms with van der Waals surface area (Å²) in [5, 5.41) is 0.698. The van der Waals surface area contributed by atoms with Crippen LogP contribution >= 0.6 is 11.6 Å². The lowest BCUT2D eigenvalue weighted by atomic mass is 9.98. The molecule has 0 amide bonds. The van der Waals surface area contributed by atoms with E-state index in [-0.39, 0.29) is 11.9 Å². The van der Waals surface area contributed by atoms with Crippen molar-refractivity contribution >= 4 is 17.6 Å². The van der Waals surface area contributed by atoms with Gasteiger partial charge in [0, 0.05) is 24.3 Å². The fourth-order valence-corrected chi connectivity index (χ4v) is 2.60. The zero-order chi connectivity index (χ0) is 13.7. The smallest absolute Gasteiger partial charge is 0.310 e. The predicted octanol–water partition coefficient (Wildman–Crippen LogP) is 2.51. The summed E-state index contributed by atoms with van der Waals surface area (Å²) in [6, 6.07) is 3.64. The Kier molecular flexibility index (Phi) is 5.16. The highest BCUT2D eigenvalue weighted by molar-refractivity contribution is 6.30. The molecular weight excluding hydrogens is 264 g/mol. The Labute approximate surface area is 118 Å². The lowest BCUT2D eigenvalue weighted by Gasteiger charge is -2.31. The van der Waals surface area contributed by atoms with Crippen LogP contribution in [0.15, 0.2) is 18.3 Å². The van der Waals surface area contributed by atoms with E-state index in [1.165, 1.54) is 0 Å². The summed E-state index contributed by atoms with van der Waals surface area (Å²) in [6.07, 6.45) is 3.65. The SMILES string of the molecule is CCOC(=O)[C@H]1CCCN(Cc2cc(Cl)ccn2)C1. The first-order valence-electron chi connectivity index (χ1n) is 6.68. The standard InChI is InChI=1S/C14H19ClN2O2/c1-2-19-14(18)11-4-3-7-17(9-11)10-13-8-12(15)5-6-16-13/h5-6,8,11H,2-4,7,9-10H2,1H3/t11-/m0/s1. The van der Waals surface area contributed by atoms with Crippen LogP contribution in [0.4, 0.5) is 0 Å². The van der Waals surface area contributed by atoms with Gasteiger partial charge < -0.3 is 4.74 Å². The minimum absolute atomic E-state index is 0.00659. The van der Waals surface area contributed by atoms with Crippen molar-refractivity contribution in [2.45, 2.75) is 26.3 Å². The highest BCUT2D eigenvalue weighted by Crippen LogP contribution is 2.20. The molecule has 0 aliphatic carbocycles. The molecule has 1 atom stereocenters. The molecule has 2 heterocycles. The van der Waals surface area contributed by atoms with Crippen LogP contribution < -0.4 is 0 Å². The average Bonchev–Trinajstić information content (AvgIpc) is 2.39. The summed E-state index contributed by atoms with van der Waals surface area (Å²) in [5.74, 6) is -0.0841. The van der Waals surface area contributed by atoms with Gasteiger partial charge in [-0.25, -0.2) is 0 Å². The molecule has 1 aromatic heterocycles. The first kappa shape index (κ1) is 14.3. The number of hydrogen-bond acceptors (Lipinski definition) is 4. The normalized spacial score (nSPS) is 20.2. The maximum atomic E-state index is 11.8. The molecule has 1 aliphatic rings. The summed E-state index contributed by atoms with van der Waals surface area (Å²) >= 11 is 5.95. The van der Waals surface area contributed by atoms with Gasteiger partial charge in [0.2, 0.25) is 0 Å². The molecule has 1 aromatic rings. The van der Waals surface area contributed by atoms with Gasteiger partial charge in [-0.15, -0.1) is 0 Å². The van der Waals surface area contributed by atoms with Crippen molar-refractivity contribution in [1.29, 1.82) is 0 Å². The Morgan fingerprint density at radius 3 is 3.21 bits per heavy atom. The number of aromatic nitrogens is 1. The fourth-order valence-electron chi connectivity index (χ4n) is 2.42. The zero-order valence-electron chi connectivity index (χ0n) is 11.1.